The van der Waals surface area contributed by atoms with Crippen molar-refractivity contribution in [1.82, 2.24) is 15.5 Å². The van der Waals surface area contributed by atoms with Gasteiger partial charge in [0.25, 0.3) is 0 Å². The van der Waals surface area contributed by atoms with Gasteiger partial charge in [0.2, 0.25) is 0 Å². The van der Waals surface area contributed by atoms with E-state index in [1.54, 1.807) is 0 Å². The molecule has 1 aliphatic rings. The monoisotopic (exact) mass is 301 g/mol. The maximum Gasteiger partial charge on any atom is 0.0701 e. The summed E-state index contributed by atoms with van der Waals surface area (Å²) in [5, 5.41) is 6.90. The average Bonchev–Trinajstić information content (AvgIpc) is 2.36. The first kappa shape index (κ1) is 18.8. The molecule has 1 aliphatic heterocycles. The largest absolute Gasteiger partial charge is 0.378 e. The fourth-order valence-corrected chi connectivity index (χ4v) is 2.38. The lowest BCUT2D eigenvalue weighted by atomic mass is 10.1. The lowest BCUT2D eigenvalue weighted by Gasteiger charge is -2.40. The molecule has 5 nitrogen and oxygen atoms in total. The second-order valence-electron chi connectivity index (χ2n) is 6.60. The molecule has 0 aromatic rings. The molecular weight excluding hydrogens is 266 g/mol. The van der Waals surface area contributed by atoms with Crippen LogP contribution in [0, 0.1) is 5.92 Å². The number of ether oxygens (including phenoxy) is 2. The van der Waals surface area contributed by atoms with Gasteiger partial charge in [-0.05, 0) is 12.5 Å². The molecule has 0 aromatic carbocycles. The molecule has 0 atom stereocenters. The molecule has 126 valence electrons. The van der Waals surface area contributed by atoms with Gasteiger partial charge in [0, 0.05) is 38.3 Å². The van der Waals surface area contributed by atoms with Gasteiger partial charge in [-0.1, -0.05) is 27.7 Å². The SMILES string of the molecule is CC(C)CNCCOCCOCCN1CC(NC(C)C)C1. The van der Waals surface area contributed by atoms with Gasteiger partial charge in [0.05, 0.1) is 26.4 Å². The summed E-state index contributed by atoms with van der Waals surface area (Å²) in [5.74, 6) is 0.699. The van der Waals surface area contributed by atoms with Gasteiger partial charge in [-0.3, -0.25) is 4.90 Å². The average molecular weight is 301 g/mol. The van der Waals surface area contributed by atoms with Crippen LogP contribution in [0.4, 0.5) is 0 Å². The maximum atomic E-state index is 5.59. The molecule has 0 unspecified atom stereocenters. The molecule has 1 heterocycles. The fourth-order valence-electron chi connectivity index (χ4n) is 2.38. The van der Waals surface area contributed by atoms with Gasteiger partial charge < -0.3 is 20.1 Å². The Morgan fingerprint density at radius 1 is 1.00 bits per heavy atom. The Balaban J connectivity index is 1.74. The Morgan fingerprint density at radius 2 is 1.67 bits per heavy atom. The Morgan fingerprint density at radius 3 is 2.29 bits per heavy atom. The minimum atomic E-state index is 0.584. The van der Waals surface area contributed by atoms with Crippen molar-refractivity contribution < 1.29 is 9.47 Å². The Kier molecular flexibility index (Phi) is 10.2. The van der Waals surface area contributed by atoms with E-state index in [0.29, 0.717) is 31.2 Å². The molecule has 1 fully saturated rings. The minimum Gasteiger partial charge on any atom is -0.378 e. The van der Waals surface area contributed by atoms with Crippen LogP contribution in [0.15, 0.2) is 0 Å². The topological polar surface area (TPSA) is 45.8 Å². The quantitative estimate of drug-likeness (QED) is 0.496. The number of rotatable bonds is 13. The molecule has 0 aliphatic carbocycles. The second kappa shape index (κ2) is 11.4. The van der Waals surface area contributed by atoms with Gasteiger partial charge in [0.1, 0.15) is 0 Å². The zero-order chi connectivity index (χ0) is 15.5. The van der Waals surface area contributed by atoms with Crippen molar-refractivity contribution in [2.45, 2.75) is 39.8 Å². The standard InChI is InChI=1S/C16H35N3O2/c1-14(2)11-17-5-7-20-9-10-21-8-6-19-12-16(13-19)18-15(3)4/h14-18H,5-13H2,1-4H3. The summed E-state index contributed by atoms with van der Waals surface area (Å²) in [6.45, 7) is 17.1. The highest BCUT2D eigenvalue weighted by atomic mass is 16.5. The highest BCUT2D eigenvalue weighted by molar-refractivity contribution is 4.86. The Labute approximate surface area is 130 Å². The zero-order valence-corrected chi connectivity index (χ0v) is 14.4. The molecule has 0 amide bonds. The van der Waals surface area contributed by atoms with E-state index in [9.17, 15) is 0 Å². The minimum absolute atomic E-state index is 0.584. The lowest BCUT2D eigenvalue weighted by Crippen LogP contribution is -2.59. The summed E-state index contributed by atoms with van der Waals surface area (Å²) in [5.41, 5.74) is 0. The van der Waals surface area contributed by atoms with Gasteiger partial charge >= 0.3 is 0 Å². The first-order valence-corrected chi connectivity index (χ1v) is 8.42. The third-order valence-electron chi connectivity index (χ3n) is 3.43. The summed E-state index contributed by atoms with van der Waals surface area (Å²) in [4.78, 5) is 2.43. The molecule has 0 radical (unpaired) electrons. The molecule has 1 saturated heterocycles. The van der Waals surface area contributed by atoms with Crippen molar-refractivity contribution in [2.24, 2.45) is 5.92 Å². The van der Waals surface area contributed by atoms with Crippen LogP contribution in [0.3, 0.4) is 0 Å². The van der Waals surface area contributed by atoms with Crippen LogP contribution in [0.2, 0.25) is 0 Å². The van der Waals surface area contributed by atoms with E-state index >= 15 is 0 Å². The molecule has 2 N–H and O–H groups in total. The summed E-state index contributed by atoms with van der Waals surface area (Å²) in [7, 11) is 0. The molecule has 0 aromatic heterocycles. The smallest absolute Gasteiger partial charge is 0.0701 e. The second-order valence-corrected chi connectivity index (χ2v) is 6.60. The Hall–Kier alpha value is -0.200. The van der Waals surface area contributed by atoms with E-state index in [1.807, 2.05) is 0 Å². The summed E-state index contributed by atoms with van der Waals surface area (Å²) in [6.07, 6.45) is 0. The number of likely N-dealkylation sites (tertiary alicyclic amines) is 1. The van der Waals surface area contributed by atoms with Gasteiger partial charge in [0.15, 0.2) is 0 Å². The molecular formula is C16H35N3O2. The molecule has 5 heteroatoms. The normalized spacial score (nSPS) is 16.9. The molecule has 0 bridgehead atoms. The molecule has 21 heavy (non-hydrogen) atoms. The summed E-state index contributed by atoms with van der Waals surface area (Å²) in [6, 6.07) is 1.26. The van der Waals surface area contributed by atoms with Crippen molar-refractivity contribution >= 4 is 0 Å². The summed E-state index contributed by atoms with van der Waals surface area (Å²) >= 11 is 0. The number of nitrogens with zero attached hydrogens (tertiary/aromatic N) is 1. The highest BCUT2D eigenvalue weighted by Crippen LogP contribution is 2.07. The lowest BCUT2D eigenvalue weighted by molar-refractivity contribution is 0.0248. The van der Waals surface area contributed by atoms with Crippen LogP contribution in [0.5, 0.6) is 0 Å². The third-order valence-corrected chi connectivity index (χ3v) is 3.43. The number of nitrogens with one attached hydrogen (secondary N) is 2. The molecule has 0 saturated carbocycles. The highest BCUT2D eigenvalue weighted by Gasteiger charge is 2.25. The third kappa shape index (κ3) is 10.2. The van der Waals surface area contributed by atoms with Crippen LogP contribution in [0.25, 0.3) is 0 Å². The van der Waals surface area contributed by atoms with Crippen molar-refractivity contribution in [1.29, 1.82) is 0 Å². The van der Waals surface area contributed by atoms with Crippen molar-refractivity contribution in [2.75, 3.05) is 59.2 Å². The van der Waals surface area contributed by atoms with E-state index in [2.05, 4.69) is 43.2 Å². The predicted octanol–water partition coefficient (Wildman–Crippen LogP) is 0.947. The predicted molar refractivity (Wildman–Crippen MR) is 87.8 cm³/mol. The van der Waals surface area contributed by atoms with Crippen molar-refractivity contribution in [3.05, 3.63) is 0 Å². The first-order valence-electron chi connectivity index (χ1n) is 8.42. The van der Waals surface area contributed by atoms with Crippen LogP contribution in [-0.4, -0.2) is 76.1 Å². The molecule has 1 rings (SSSR count). The number of hydrogen-bond donors (Lipinski definition) is 2. The van der Waals surface area contributed by atoms with Gasteiger partial charge in [-0.2, -0.15) is 0 Å². The van der Waals surface area contributed by atoms with Crippen LogP contribution in [-0.2, 0) is 9.47 Å². The van der Waals surface area contributed by atoms with Gasteiger partial charge in [-0.25, -0.2) is 0 Å². The van der Waals surface area contributed by atoms with E-state index in [1.165, 1.54) is 0 Å². The van der Waals surface area contributed by atoms with Crippen LogP contribution >= 0.6 is 0 Å². The summed E-state index contributed by atoms with van der Waals surface area (Å²) < 4.78 is 11.1. The van der Waals surface area contributed by atoms with Crippen molar-refractivity contribution in [3.8, 4) is 0 Å². The number of hydrogen-bond acceptors (Lipinski definition) is 5. The van der Waals surface area contributed by atoms with E-state index < -0.39 is 0 Å². The van der Waals surface area contributed by atoms with E-state index in [0.717, 1.165) is 45.9 Å². The van der Waals surface area contributed by atoms with Crippen molar-refractivity contribution in [3.63, 3.8) is 0 Å². The fraction of sp³-hybridized carbons (Fsp3) is 1.00. The maximum absolute atomic E-state index is 5.59. The first-order chi connectivity index (χ1) is 10.1. The van der Waals surface area contributed by atoms with Crippen LogP contribution < -0.4 is 10.6 Å². The van der Waals surface area contributed by atoms with E-state index in [-0.39, 0.29) is 0 Å². The van der Waals surface area contributed by atoms with E-state index in [4.69, 9.17) is 9.47 Å². The Bertz CT molecular complexity index is 244. The molecule has 0 spiro atoms. The zero-order valence-electron chi connectivity index (χ0n) is 14.4. The van der Waals surface area contributed by atoms with Gasteiger partial charge in [-0.15, -0.1) is 0 Å². The van der Waals surface area contributed by atoms with Crippen LogP contribution in [0.1, 0.15) is 27.7 Å².